The molecule has 106 valence electrons. The summed E-state index contributed by atoms with van der Waals surface area (Å²) in [5.41, 5.74) is 1.78. The van der Waals surface area contributed by atoms with Gasteiger partial charge in [0.1, 0.15) is 16.7 Å². The Kier molecular flexibility index (Phi) is 3.47. The summed E-state index contributed by atoms with van der Waals surface area (Å²) in [5.74, 6) is 0.555. The molecular weight excluding hydrogens is 291 g/mol. The van der Waals surface area contributed by atoms with Crippen molar-refractivity contribution in [2.75, 3.05) is 7.11 Å². The minimum atomic E-state index is -0.367. The third-order valence-corrected chi connectivity index (χ3v) is 3.51. The average molecular weight is 303 g/mol. The maximum Gasteiger partial charge on any atom is 0.164 e. The predicted octanol–water partition coefficient (Wildman–Crippen LogP) is 4.41. The van der Waals surface area contributed by atoms with Crippen LogP contribution in [0.5, 0.6) is 5.75 Å². The Hall–Kier alpha value is -2.20. The van der Waals surface area contributed by atoms with Gasteiger partial charge in [0, 0.05) is 11.5 Å². The Balaban J connectivity index is 2.23. The summed E-state index contributed by atoms with van der Waals surface area (Å²) in [4.78, 5) is 8.58. The first-order valence-corrected chi connectivity index (χ1v) is 6.74. The molecule has 0 saturated heterocycles. The van der Waals surface area contributed by atoms with Crippen LogP contribution in [0.4, 0.5) is 4.39 Å². The zero-order valence-electron chi connectivity index (χ0n) is 11.5. The number of hydrogen-bond donors (Lipinski definition) is 0. The van der Waals surface area contributed by atoms with Gasteiger partial charge >= 0.3 is 0 Å². The van der Waals surface area contributed by atoms with Crippen LogP contribution in [-0.4, -0.2) is 17.1 Å². The maximum atomic E-state index is 14.1. The molecule has 0 radical (unpaired) electrons. The van der Waals surface area contributed by atoms with Crippen LogP contribution in [0.3, 0.4) is 0 Å². The second-order valence-corrected chi connectivity index (χ2v) is 5.06. The first-order valence-electron chi connectivity index (χ1n) is 6.36. The molecule has 1 heterocycles. The molecule has 21 heavy (non-hydrogen) atoms. The van der Waals surface area contributed by atoms with Crippen molar-refractivity contribution in [3.63, 3.8) is 0 Å². The quantitative estimate of drug-likeness (QED) is 0.658. The molecule has 0 aliphatic heterocycles. The SMILES string of the molecule is COc1ccc2c(Cl)nc(-c3ccc(C)cc3F)nc2c1. The summed E-state index contributed by atoms with van der Waals surface area (Å²) < 4.78 is 19.2. The van der Waals surface area contributed by atoms with Gasteiger partial charge in [-0.3, -0.25) is 0 Å². The van der Waals surface area contributed by atoms with Gasteiger partial charge in [0.15, 0.2) is 5.82 Å². The van der Waals surface area contributed by atoms with E-state index >= 15 is 0 Å². The third kappa shape index (κ3) is 2.54. The van der Waals surface area contributed by atoms with Gasteiger partial charge in [0.05, 0.1) is 18.2 Å². The number of benzene rings is 2. The second kappa shape index (κ2) is 5.30. The molecule has 3 rings (SSSR count). The topological polar surface area (TPSA) is 35.0 Å². The molecule has 0 spiro atoms. The van der Waals surface area contributed by atoms with Crippen LogP contribution < -0.4 is 4.74 Å². The van der Waals surface area contributed by atoms with Crippen LogP contribution in [0.15, 0.2) is 36.4 Å². The van der Waals surface area contributed by atoms with Gasteiger partial charge in [0.2, 0.25) is 0 Å². The average Bonchev–Trinajstić information content (AvgIpc) is 2.46. The van der Waals surface area contributed by atoms with Crippen LogP contribution in [0.25, 0.3) is 22.3 Å². The van der Waals surface area contributed by atoms with Gasteiger partial charge in [-0.1, -0.05) is 17.7 Å². The van der Waals surface area contributed by atoms with Gasteiger partial charge < -0.3 is 4.74 Å². The van der Waals surface area contributed by atoms with Crippen molar-refractivity contribution in [1.29, 1.82) is 0 Å². The molecule has 5 heteroatoms. The molecule has 0 unspecified atom stereocenters. The monoisotopic (exact) mass is 302 g/mol. The Morgan fingerprint density at radius 3 is 2.62 bits per heavy atom. The molecule has 1 aromatic heterocycles. The Bertz CT molecular complexity index is 836. The maximum absolute atomic E-state index is 14.1. The van der Waals surface area contributed by atoms with Gasteiger partial charge in [-0.25, -0.2) is 14.4 Å². The number of nitrogens with zero attached hydrogens (tertiary/aromatic N) is 2. The molecule has 3 aromatic rings. The minimum absolute atomic E-state index is 0.262. The van der Waals surface area contributed by atoms with Gasteiger partial charge in [-0.15, -0.1) is 0 Å². The number of hydrogen-bond acceptors (Lipinski definition) is 3. The third-order valence-electron chi connectivity index (χ3n) is 3.22. The summed E-state index contributed by atoms with van der Waals surface area (Å²) in [5, 5.41) is 0.992. The van der Waals surface area contributed by atoms with E-state index in [0.717, 1.165) is 5.56 Å². The lowest BCUT2D eigenvalue weighted by molar-refractivity contribution is 0.415. The molecule has 0 atom stereocenters. The lowest BCUT2D eigenvalue weighted by Gasteiger charge is -2.07. The molecule has 2 aromatic carbocycles. The number of ether oxygens (including phenoxy) is 1. The Morgan fingerprint density at radius 2 is 1.90 bits per heavy atom. The number of methoxy groups -OCH3 is 1. The lowest BCUT2D eigenvalue weighted by atomic mass is 10.1. The molecule has 3 nitrogen and oxygen atoms in total. The van der Waals surface area contributed by atoms with Crippen LogP contribution in [-0.2, 0) is 0 Å². The molecule has 0 amide bonds. The van der Waals surface area contributed by atoms with Crippen molar-refractivity contribution in [2.24, 2.45) is 0 Å². The summed E-state index contributed by atoms with van der Waals surface area (Å²) in [7, 11) is 1.57. The molecular formula is C16H12ClFN2O. The zero-order valence-corrected chi connectivity index (χ0v) is 12.3. The van der Waals surface area contributed by atoms with Crippen LogP contribution in [0.2, 0.25) is 5.15 Å². The van der Waals surface area contributed by atoms with Crippen LogP contribution in [0, 0.1) is 12.7 Å². The van der Waals surface area contributed by atoms with Crippen molar-refractivity contribution < 1.29 is 9.13 Å². The highest BCUT2D eigenvalue weighted by molar-refractivity contribution is 6.34. The number of fused-ring (bicyclic) bond motifs is 1. The second-order valence-electron chi connectivity index (χ2n) is 4.70. The fraction of sp³-hybridized carbons (Fsp3) is 0.125. The van der Waals surface area contributed by atoms with E-state index in [0.29, 0.717) is 22.2 Å². The molecule has 0 aliphatic carbocycles. The van der Waals surface area contributed by atoms with Gasteiger partial charge in [0.25, 0.3) is 0 Å². The van der Waals surface area contributed by atoms with Gasteiger partial charge in [-0.2, -0.15) is 0 Å². The summed E-state index contributed by atoms with van der Waals surface area (Å²) in [6.45, 7) is 1.83. The van der Waals surface area contributed by atoms with E-state index in [9.17, 15) is 4.39 Å². The highest BCUT2D eigenvalue weighted by Crippen LogP contribution is 2.28. The minimum Gasteiger partial charge on any atom is -0.497 e. The van der Waals surface area contributed by atoms with Crippen molar-refractivity contribution in [3.05, 3.63) is 52.9 Å². The number of halogens is 2. The molecule has 0 aliphatic rings. The van der Waals surface area contributed by atoms with E-state index in [4.69, 9.17) is 16.3 Å². The number of rotatable bonds is 2. The summed E-state index contributed by atoms with van der Waals surface area (Å²) >= 11 is 6.18. The lowest BCUT2D eigenvalue weighted by Crippen LogP contribution is -1.95. The molecule has 0 bridgehead atoms. The van der Waals surface area contributed by atoms with E-state index in [1.54, 1.807) is 31.4 Å². The smallest absolute Gasteiger partial charge is 0.164 e. The summed E-state index contributed by atoms with van der Waals surface area (Å²) in [6, 6.07) is 10.2. The van der Waals surface area contributed by atoms with E-state index < -0.39 is 0 Å². The molecule has 0 N–H and O–H groups in total. The molecule has 0 saturated carbocycles. The van der Waals surface area contributed by atoms with E-state index in [1.165, 1.54) is 6.07 Å². The fourth-order valence-electron chi connectivity index (χ4n) is 2.12. The van der Waals surface area contributed by atoms with Crippen molar-refractivity contribution in [2.45, 2.75) is 6.92 Å². The standard InChI is InChI=1S/C16H12ClFN2O/c1-9-3-5-11(13(18)7-9)16-19-14-8-10(21-2)4-6-12(14)15(17)20-16/h3-8H,1-2H3. The normalized spacial score (nSPS) is 10.9. The van der Waals surface area contributed by atoms with Crippen LogP contribution in [0.1, 0.15) is 5.56 Å². The highest BCUT2D eigenvalue weighted by atomic mass is 35.5. The van der Waals surface area contributed by atoms with Crippen LogP contribution >= 0.6 is 11.6 Å². The first-order chi connectivity index (χ1) is 10.1. The largest absolute Gasteiger partial charge is 0.497 e. The van der Waals surface area contributed by atoms with Gasteiger partial charge in [-0.05, 0) is 36.8 Å². The van der Waals surface area contributed by atoms with Crippen molar-refractivity contribution in [1.82, 2.24) is 9.97 Å². The number of aryl methyl sites for hydroxylation is 1. The Morgan fingerprint density at radius 1 is 1.10 bits per heavy atom. The fourth-order valence-corrected chi connectivity index (χ4v) is 2.36. The first kappa shape index (κ1) is 13.8. The summed E-state index contributed by atoms with van der Waals surface area (Å²) in [6.07, 6.45) is 0. The van der Waals surface area contributed by atoms with E-state index in [-0.39, 0.29) is 16.8 Å². The predicted molar refractivity (Wildman–Crippen MR) is 81.2 cm³/mol. The Labute approximate surface area is 126 Å². The highest BCUT2D eigenvalue weighted by Gasteiger charge is 2.12. The zero-order chi connectivity index (χ0) is 15.0. The van der Waals surface area contributed by atoms with Crippen molar-refractivity contribution in [3.8, 4) is 17.1 Å². The molecule has 0 fully saturated rings. The van der Waals surface area contributed by atoms with E-state index in [1.807, 2.05) is 13.0 Å². The number of aromatic nitrogens is 2. The van der Waals surface area contributed by atoms with Crippen molar-refractivity contribution >= 4 is 22.5 Å². The van der Waals surface area contributed by atoms with E-state index in [2.05, 4.69) is 9.97 Å².